The number of carbonyl (C=O) groups is 1. The number of hydrogen-bond acceptors (Lipinski definition) is 7. The summed E-state index contributed by atoms with van der Waals surface area (Å²) in [6.45, 7) is 8.53. The van der Waals surface area contributed by atoms with E-state index in [1.807, 2.05) is 91.9 Å². The second-order valence-electron chi connectivity index (χ2n) is 9.40. The molecule has 4 rings (SSSR count). The summed E-state index contributed by atoms with van der Waals surface area (Å²) in [5.41, 5.74) is 2.65. The second-order valence-corrected chi connectivity index (χ2v) is 10.6. The van der Waals surface area contributed by atoms with Crippen LogP contribution in [0.2, 0.25) is 0 Å². The summed E-state index contributed by atoms with van der Waals surface area (Å²) in [5, 5.41) is 0. The molecule has 0 radical (unpaired) electrons. The largest absolute Gasteiger partial charge is 0.456 e. The molecular formula is C32H36O6S. The first-order valence-corrected chi connectivity index (χ1v) is 14.0. The first kappa shape index (κ1) is 29.1. The molecule has 7 heteroatoms. The van der Waals surface area contributed by atoms with Crippen molar-refractivity contribution in [3.63, 3.8) is 0 Å². The smallest absolute Gasteiger partial charge is 0.303 e. The summed E-state index contributed by atoms with van der Waals surface area (Å²) in [4.78, 5) is 13.3. The molecule has 39 heavy (non-hydrogen) atoms. The third-order valence-corrected chi connectivity index (χ3v) is 7.41. The van der Waals surface area contributed by atoms with Crippen LogP contribution in [0.3, 0.4) is 0 Å². The molecule has 0 spiro atoms. The maximum Gasteiger partial charge on any atom is 0.303 e. The Morgan fingerprint density at radius 2 is 1.46 bits per heavy atom. The Morgan fingerprint density at radius 1 is 0.872 bits per heavy atom. The first-order valence-electron chi connectivity index (χ1n) is 13.1. The van der Waals surface area contributed by atoms with Crippen LogP contribution >= 0.6 is 11.8 Å². The third kappa shape index (κ3) is 8.78. The maximum atomic E-state index is 12.3. The third-order valence-electron chi connectivity index (χ3n) is 6.25. The van der Waals surface area contributed by atoms with Crippen molar-refractivity contribution in [3.8, 4) is 0 Å². The average molecular weight is 549 g/mol. The number of benzene rings is 3. The molecule has 1 heterocycles. The number of ether oxygens (including phenoxy) is 5. The molecule has 1 saturated heterocycles. The molecule has 206 valence electrons. The number of esters is 1. The van der Waals surface area contributed by atoms with Crippen LogP contribution in [-0.4, -0.2) is 49.0 Å². The predicted octanol–water partition coefficient (Wildman–Crippen LogP) is 6.12. The summed E-state index contributed by atoms with van der Waals surface area (Å²) in [6, 6.07) is 28.0. The second kappa shape index (κ2) is 15.0. The normalized spacial score (nSPS) is 22.8. The SMILES string of the molecule is C=CCOC[C@H]1O[C@H](Sc2ccc(C)cc2)[C@@H](OC(C)=O)[C@@H](OCc2ccccc2)[C@@H]1OCc1ccccc1. The van der Waals surface area contributed by atoms with Crippen molar-refractivity contribution in [3.05, 3.63) is 114 Å². The molecule has 0 saturated carbocycles. The van der Waals surface area contributed by atoms with E-state index in [1.165, 1.54) is 18.7 Å². The first-order chi connectivity index (χ1) is 19.0. The average Bonchev–Trinajstić information content (AvgIpc) is 2.95. The molecule has 1 aliphatic rings. The molecule has 3 aromatic rings. The molecule has 5 atom stereocenters. The van der Waals surface area contributed by atoms with Gasteiger partial charge in [-0.1, -0.05) is 96.2 Å². The zero-order valence-electron chi connectivity index (χ0n) is 22.4. The monoisotopic (exact) mass is 548 g/mol. The number of carbonyl (C=O) groups excluding carboxylic acids is 1. The standard InChI is InChI=1S/C32H36O6S/c1-4-19-34-22-28-29(35-20-25-11-7-5-8-12-25)30(36-21-26-13-9-6-10-14-26)31(37-24(3)33)32(38-28)39-27-17-15-23(2)16-18-27/h4-18,28-32H,1,19-22H2,2-3H3/t28-,29-,30+,31+,32-/m1/s1. The van der Waals surface area contributed by atoms with Gasteiger partial charge in [0.1, 0.15) is 23.7 Å². The van der Waals surface area contributed by atoms with Crippen LogP contribution < -0.4 is 0 Å². The highest BCUT2D eigenvalue weighted by Gasteiger charge is 2.50. The fourth-order valence-electron chi connectivity index (χ4n) is 4.37. The molecule has 6 nitrogen and oxygen atoms in total. The number of hydrogen-bond donors (Lipinski definition) is 0. The molecule has 0 N–H and O–H groups in total. The predicted molar refractivity (Wildman–Crippen MR) is 152 cm³/mol. The van der Waals surface area contributed by atoms with Crippen molar-refractivity contribution in [1.82, 2.24) is 0 Å². The maximum absolute atomic E-state index is 12.3. The molecule has 0 bridgehead atoms. The number of rotatable bonds is 13. The topological polar surface area (TPSA) is 63.2 Å². The van der Waals surface area contributed by atoms with Gasteiger partial charge >= 0.3 is 5.97 Å². The minimum atomic E-state index is -0.714. The van der Waals surface area contributed by atoms with Gasteiger partial charge in [0.25, 0.3) is 0 Å². The highest BCUT2D eigenvalue weighted by atomic mass is 32.2. The van der Waals surface area contributed by atoms with E-state index in [2.05, 4.69) is 6.58 Å². The van der Waals surface area contributed by atoms with E-state index < -0.39 is 35.8 Å². The van der Waals surface area contributed by atoms with Gasteiger partial charge in [0, 0.05) is 11.8 Å². The van der Waals surface area contributed by atoms with Gasteiger partial charge in [-0.3, -0.25) is 4.79 Å². The van der Waals surface area contributed by atoms with Crippen LogP contribution in [0.4, 0.5) is 0 Å². The van der Waals surface area contributed by atoms with Crippen LogP contribution in [0.1, 0.15) is 23.6 Å². The summed E-state index contributed by atoms with van der Waals surface area (Å²) >= 11 is 1.50. The molecular weight excluding hydrogens is 512 g/mol. The van der Waals surface area contributed by atoms with Crippen LogP contribution in [0.15, 0.2) is 102 Å². The van der Waals surface area contributed by atoms with Crippen molar-refractivity contribution in [2.45, 2.75) is 61.8 Å². The zero-order valence-corrected chi connectivity index (χ0v) is 23.3. The Labute approximate surface area is 235 Å². The lowest BCUT2D eigenvalue weighted by molar-refractivity contribution is -0.248. The van der Waals surface area contributed by atoms with Gasteiger partial charge in [-0.15, -0.1) is 6.58 Å². The van der Waals surface area contributed by atoms with E-state index in [0.717, 1.165) is 21.6 Å². The van der Waals surface area contributed by atoms with Gasteiger partial charge in [-0.25, -0.2) is 0 Å². The van der Waals surface area contributed by atoms with Gasteiger partial charge in [-0.2, -0.15) is 0 Å². The van der Waals surface area contributed by atoms with Gasteiger partial charge in [0.2, 0.25) is 0 Å². The molecule has 1 fully saturated rings. The lowest BCUT2D eigenvalue weighted by Gasteiger charge is -2.45. The summed E-state index contributed by atoms with van der Waals surface area (Å²) in [7, 11) is 0. The summed E-state index contributed by atoms with van der Waals surface area (Å²) in [5.74, 6) is -0.408. The van der Waals surface area contributed by atoms with E-state index in [9.17, 15) is 4.79 Å². The Kier molecular flexibility index (Phi) is 11.2. The van der Waals surface area contributed by atoms with Crippen LogP contribution in [0.5, 0.6) is 0 Å². The van der Waals surface area contributed by atoms with Gasteiger partial charge < -0.3 is 23.7 Å². The summed E-state index contributed by atoms with van der Waals surface area (Å²) < 4.78 is 31.4. The van der Waals surface area contributed by atoms with Crippen molar-refractivity contribution in [2.75, 3.05) is 13.2 Å². The fourth-order valence-corrected chi connectivity index (χ4v) is 5.47. The van der Waals surface area contributed by atoms with Crippen molar-refractivity contribution < 1.29 is 28.5 Å². The van der Waals surface area contributed by atoms with Crippen LogP contribution in [-0.2, 0) is 41.7 Å². The van der Waals surface area contributed by atoms with Gasteiger partial charge in [-0.05, 0) is 30.2 Å². The van der Waals surface area contributed by atoms with E-state index in [-0.39, 0.29) is 6.61 Å². The van der Waals surface area contributed by atoms with Crippen molar-refractivity contribution in [1.29, 1.82) is 0 Å². The molecule has 0 amide bonds. The Balaban J connectivity index is 1.65. The minimum absolute atomic E-state index is 0.272. The van der Waals surface area contributed by atoms with Gasteiger partial charge in [0.05, 0.1) is 26.4 Å². The quantitative estimate of drug-likeness (QED) is 0.145. The molecule has 3 aromatic carbocycles. The highest BCUT2D eigenvalue weighted by molar-refractivity contribution is 7.99. The van der Waals surface area contributed by atoms with E-state index >= 15 is 0 Å². The fraction of sp³-hybridized carbons (Fsp3) is 0.344. The molecule has 0 aromatic heterocycles. The van der Waals surface area contributed by atoms with E-state index in [0.29, 0.717) is 19.8 Å². The van der Waals surface area contributed by atoms with Crippen molar-refractivity contribution in [2.24, 2.45) is 0 Å². The van der Waals surface area contributed by atoms with Crippen molar-refractivity contribution >= 4 is 17.7 Å². The summed E-state index contributed by atoms with van der Waals surface area (Å²) in [6.07, 6.45) is -0.644. The van der Waals surface area contributed by atoms with E-state index in [4.69, 9.17) is 23.7 Å². The lowest BCUT2D eigenvalue weighted by atomic mass is 9.99. The van der Waals surface area contributed by atoms with Gasteiger partial charge in [0.15, 0.2) is 6.10 Å². The van der Waals surface area contributed by atoms with Crippen LogP contribution in [0, 0.1) is 6.92 Å². The number of aryl methyl sites for hydroxylation is 1. The minimum Gasteiger partial charge on any atom is -0.456 e. The Bertz CT molecular complexity index is 1150. The molecule has 0 unspecified atom stereocenters. The Hall–Kier alpha value is -2.94. The molecule has 1 aliphatic heterocycles. The highest BCUT2D eigenvalue weighted by Crippen LogP contribution is 2.38. The number of thioether (sulfide) groups is 1. The zero-order chi connectivity index (χ0) is 27.5. The van der Waals surface area contributed by atoms with E-state index in [1.54, 1.807) is 6.08 Å². The lowest BCUT2D eigenvalue weighted by Crippen LogP contribution is -2.60. The molecule has 0 aliphatic carbocycles. The Morgan fingerprint density at radius 3 is 2.03 bits per heavy atom. The van der Waals surface area contributed by atoms with Crippen LogP contribution in [0.25, 0.3) is 0 Å².